The minimum atomic E-state index is -0.185. The van der Waals surface area contributed by atoms with Crippen molar-refractivity contribution in [3.8, 4) is 0 Å². The van der Waals surface area contributed by atoms with Gasteiger partial charge in [-0.2, -0.15) is 0 Å². The Balaban J connectivity index is 2.07. The van der Waals surface area contributed by atoms with Crippen LogP contribution >= 0.6 is 0 Å². The minimum Gasteiger partial charge on any atom is -0.394 e. The lowest BCUT2D eigenvalue weighted by molar-refractivity contribution is 0.0914. The summed E-state index contributed by atoms with van der Waals surface area (Å²) in [4.78, 5) is 12.4. The van der Waals surface area contributed by atoms with Gasteiger partial charge in [-0.3, -0.25) is 4.79 Å². The highest BCUT2D eigenvalue weighted by Gasteiger charge is 2.14. The molecule has 2 rings (SSSR count). The lowest BCUT2D eigenvalue weighted by Gasteiger charge is -2.16. The van der Waals surface area contributed by atoms with Gasteiger partial charge in [-0.05, 0) is 36.5 Å². The van der Waals surface area contributed by atoms with Gasteiger partial charge in [0.25, 0.3) is 5.91 Å². The Hall–Kier alpha value is -2.13. The highest BCUT2D eigenvalue weighted by atomic mass is 16.3. The van der Waals surface area contributed by atoms with E-state index in [1.54, 1.807) is 0 Å². The predicted octanol–water partition coefficient (Wildman–Crippen LogP) is 2.97. The maximum atomic E-state index is 12.4. The lowest BCUT2D eigenvalue weighted by atomic mass is 9.99. The fourth-order valence-electron chi connectivity index (χ4n) is 2.42. The third-order valence-electron chi connectivity index (χ3n) is 3.84. The first-order valence-electron chi connectivity index (χ1n) is 7.78. The van der Waals surface area contributed by atoms with Crippen LogP contribution in [0.5, 0.6) is 0 Å². The number of hydrogen-bond acceptors (Lipinski definition) is 2. The van der Waals surface area contributed by atoms with E-state index in [0.717, 1.165) is 18.4 Å². The van der Waals surface area contributed by atoms with E-state index in [2.05, 4.69) is 17.4 Å². The Bertz CT molecular complexity index is 591. The van der Waals surface area contributed by atoms with Gasteiger partial charge < -0.3 is 10.4 Å². The molecule has 116 valence electrons. The molecule has 2 aromatic rings. The first kappa shape index (κ1) is 16.2. The van der Waals surface area contributed by atoms with Crippen LogP contribution in [-0.4, -0.2) is 23.7 Å². The van der Waals surface area contributed by atoms with Crippen LogP contribution in [-0.2, 0) is 12.8 Å². The second-order valence-electron chi connectivity index (χ2n) is 5.40. The van der Waals surface area contributed by atoms with Crippen molar-refractivity contribution in [3.63, 3.8) is 0 Å². The van der Waals surface area contributed by atoms with Crippen molar-refractivity contribution in [1.29, 1.82) is 0 Å². The molecule has 0 saturated heterocycles. The SMILES string of the molecule is CCC(CO)NC(=O)c1ccccc1CCc1ccccc1. The number of nitrogens with one attached hydrogen (secondary N) is 1. The van der Waals surface area contributed by atoms with E-state index < -0.39 is 0 Å². The molecule has 0 aliphatic carbocycles. The van der Waals surface area contributed by atoms with Crippen LogP contribution < -0.4 is 5.32 Å². The number of amides is 1. The standard InChI is InChI=1S/C19H23NO2/c1-2-17(14-21)20-19(22)18-11-7-6-10-16(18)13-12-15-8-4-3-5-9-15/h3-11,17,21H,2,12-14H2,1H3,(H,20,22). The third-order valence-corrected chi connectivity index (χ3v) is 3.84. The quantitative estimate of drug-likeness (QED) is 0.825. The molecule has 0 radical (unpaired) electrons. The Morgan fingerprint density at radius 3 is 2.41 bits per heavy atom. The maximum Gasteiger partial charge on any atom is 0.251 e. The van der Waals surface area contributed by atoms with Crippen molar-refractivity contribution in [2.24, 2.45) is 0 Å². The molecule has 1 unspecified atom stereocenters. The summed E-state index contributed by atoms with van der Waals surface area (Å²) in [5, 5.41) is 12.1. The monoisotopic (exact) mass is 297 g/mol. The van der Waals surface area contributed by atoms with Crippen LogP contribution in [0.1, 0.15) is 34.8 Å². The van der Waals surface area contributed by atoms with Gasteiger partial charge in [0, 0.05) is 5.56 Å². The molecule has 1 amide bonds. The number of rotatable bonds is 7. The number of hydrogen-bond donors (Lipinski definition) is 2. The van der Waals surface area contributed by atoms with Crippen LogP contribution in [0.2, 0.25) is 0 Å². The molecular formula is C19H23NO2. The molecule has 0 bridgehead atoms. The van der Waals surface area contributed by atoms with Gasteiger partial charge in [-0.15, -0.1) is 0 Å². The van der Waals surface area contributed by atoms with Gasteiger partial charge in [0.05, 0.1) is 12.6 Å². The van der Waals surface area contributed by atoms with Crippen molar-refractivity contribution >= 4 is 5.91 Å². The van der Waals surface area contributed by atoms with Crippen LogP contribution in [0.3, 0.4) is 0 Å². The van der Waals surface area contributed by atoms with Gasteiger partial charge in [0.1, 0.15) is 0 Å². The molecule has 0 heterocycles. The first-order valence-corrected chi connectivity index (χ1v) is 7.78. The molecular weight excluding hydrogens is 274 g/mol. The summed E-state index contributed by atoms with van der Waals surface area (Å²) in [5.74, 6) is -0.107. The highest BCUT2D eigenvalue weighted by Crippen LogP contribution is 2.13. The number of carbonyl (C=O) groups is 1. The molecule has 3 nitrogen and oxygen atoms in total. The van der Waals surface area contributed by atoms with Crippen molar-refractivity contribution in [2.45, 2.75) is 32.2 Å². The van der Waals surface area contributed by atoms with Crippen molar-refractivity contribution in [1.82, 2.24) is 5.32 Å². The molecule has 3 heteroatoms. The van der Waals surface area contributed by atoms with Gasteiger partial charge in [-0.1, -0.05) is 55.5 Å². The molecule has 0 fully saturated rings. The molecule has 0 aliphatic heterocycles. The van der Waals surface area contributed by atoms with Crippen molar-refractivity contribution in [2.75, 3.05) is 6.61 Å². The molecule has 0 aliphatic rings. The second kappa shape index (κ2) is 8.35. The smallest absolute Gasteiger partial charge is 0.251 e. The summed E-state index contributed by atoms with van der Waals surface area (Å²) >= 11 is 0. The third kappa shape index (κ3) is 4.43. The summed E-state index contributed by atoms with van der Waals surface area (Å²) in [6.45, 7) is 1.91. The normalized spacial score (nSPS) is 11.9. The van der Waals surface area contributed by atoms with Crippen LogP contribution in [0.4, 0.5) is 0 Å². The van der Waals surface area contributed by atoms with Gasteiger partial charge in [0.2, 0.25) is 0 Å². The Labute approximate surface area is 132 Å². The predicted molar refractivity (Wildman–Crippen MR) is 88.9 cm³/mol. The summed E-state index contributed by atoms with van der Waals surface area (Å²) in [6, 6.07) is 17.8. The topological polar surface area (TPSA) is 49.3 Å². The van der Waals surface area contributed by atoms with Gasteiger partial charge in [-0.25, -0.2) is 0 Å². The summed E-state index contributed by atoms with van der Waals surface area (Å²) in [7, 11) is 0. The van der Waals surface area contributed by atoms with Crippen LogP contribution in [0.25, 0.3) is 0 Å². The average Bonchev–Trinajstić information content (AvgIpc) is 2.58. The van der Waals surface area contributed by atoms with E-state index in [1.807, 2.05) is 49.4 Å². The zero-order valence-corrected chi connectivity index (χ0v) is 13.0. The Kier molecular flexibility index (Phi) is 6.16. The molecule has 1 atom stereocenters. The van der Waals surface area contributed by atoms with E-state index in [9.17, 15) is 9.90 Å². The summed E-state index contributed by atoms with van der Waals surface area (Å²) < 4.78 is 0. The first-order chi connectivity index (χ1) is 10.7. The van der Waals surface area contributed by atoms with E-state index in [-0.39, 0.29) is 18.6 Å². The fourth-order valence-corrected chi connectivity index (χ4v) is 2.42. The van der Waals surface area contributed by atoms with Crippen molar-refractivity contribution in [3.05, 3.63) is 71.3 Å². The molecule has 2 aromatic carbocycles. The zero-order chi connectivity index (χ0) is 15.8. The van der Waals surface area contributed by atoms with Crippen molar-refractivity contribution < 1.29 is 9.90 Å². The number of aliphatic hydroxyl groups is 1. The molecule has 0 aromatic heterocycles. The number of benzene rings is 2. The molecule has 22 heavy (non-hydrogen) atoms. The largest absolute Gasteiger partial charge is 0.394 e. The highest BCUT2D eigenvalue weighted by molar-refractivity contribution is 5.95. The van der Waals surface area contributed by atoms with Gasteiger partial charge >= 0.3 is 0 Å². The van der Waals surface area contributed by atoms with E-state index >= 15 is 0 Å². The number of carbonyl (C=O) groups excluding carboxylic acids is 1. The summed E-state index contributed by atoms with van der Waals surface area (Å²) in [6.07, 6.45) is 2.44. The number of aliphatic hydroxyl groups excluding tert-OH is 1. The van der Waals surface area contributed by atoms with E-state index in [0.29, 0.717) is 12.0 Å². The molecule has 2 N–H and O–H groups in total. The summed E-state index contributed by atoms with van der Waals surface area (Å²) in [5.41, 5.74) is 3.00. The molecule has 0 saturated carbocycles. The minimum absolute atomic E-state index is 0.0333. The fraction of sp³-hybridized carbons (Fsp3) is 0.316. The average molecular weight is 297 g/mol. The Morgan fingerprint density at radius 1 is 1.05 bits per heavy atom. The van der Waals surface area contributed by atoms with Gasteiger partial charge in [0.15, 0.2) is 0 Å². The van der Waals surface area contributed by atoms with E-state index in [4.69, 9.17) is 0 Å². The van der Waals surface area contributed by atoms with E-state index in [1.165, 1.54) is 5.56 Å². The lowest BCUT2D eigenvalue weighted by Crippen LogP contribution is -2.37. The Morgan fingerprint density at radius 2 is 1.73 bits per heavy atom. The number of aryl methyl sites for hydroxylation is 2. The van der Waals surface area contributed by atoms with Crippen LogP contribution in [0, 0.1) is 0 Å². The maximum absolute atomic E-state index is 12.4. The molecule has 0 spiro atoms. The second-order valence-corrected chi connectivity index (χ2v) is 5.40. The zero-order valence-electron chi connectivity index (χ0n) is 13.0. The van der Waals surface area contributed by atoms with Crippen LogP contribution in [0.15, 0.2) is 54.6 Å².